The number of rotatable bonds is 13. The molecule has 11 heteroatoms. The number of hydrogen-bond donors (Lipinski definition) is 1. The molecule has 0 aliphatic heterocycles. The van der Waals surface area contributed by atoms with E-state index in [1.54, 1.807) is 33.8 Å². The van der Waals surface area contributed by atoms with E-state index >= 15 is 0 Å². The predicted octanol–water partition coefficient (Wildman–Crippen LogP) is 5.95. The Labute approximate surface area is 173 Å². The second-order valence-electron chi connectivity index (χ2n) is 6.72. The minimum absolute atomic E-state index is 0.111. The highest BCUT2D eigenvalue weighted by molar-refractivity contribution is 7.72. The van der Waals surface area contributed by atoms with Crippen LogP contribution in [-0.2, 0) is 27.2 Å². The van der Waals surface area contributed by atoms with Crippen molar-refractivity contribution >= 4 is 21.0 Å². The molecule has 1 heterocycles. The molecule has 2 rings (SSSR count). The fraction of sp³-hybridized carbons (Fsp3) is 0.833. The van der Waals surface area contributed by atoms with Crippen LogP contribution in [-0.4, -0.2) is 37.1 Å². The van der Waals surface area contributed by atoms with Crippen molar-refractivity contribution in [2.75, 3.05) is 31.7 Å². The second kappa shape index (κ2) is 11.6. The van der Waals surface area contributed by atoms with Crippen LogP contribution in [0.5, 0.6) is 0 Å². The normalized spacial score (nSPS) is 16.4. The Hall–Kier alpha value is -0.690. The lowest BCUT2D eigenvalue weighted by atomic mass is 9.87. The van der Waals surface area contributed by atoms with Gasteiger partial charge in [-0.2, -0.15) is 0 Å². The maximum absolute atomic E-state index is 13.5. The van der Waals surface area contributed by atoms with Gasteiger partial charge in [0.25, 0.3) is 0 Å². The zero-order valence-corrected chi connectivity index (χ0v) is 19.6. The third-order valence-corrected chi connectivity index (χ3v) is 10.3. The molecule has 1 saturated carbocycles. The maximum atomic E-state index is 13.5. The van der Waals surface area contributed by atoms with Crippen molar-refractivity contribution in [1.29, 1.82) is 0 Å². The number of nitrogens with one attached hydrogen (secondary N) is 1. The Bertz CT molecular complexity index is 656. The molecule has 168 valence electrons. The Morgan fingerprint density at radius 1 is 0.966 bits per heavy atom. The zero-order valence-electron chi connectivity index (χ0n) is 17.8. The molecule has 0 bridgehead atoms. The highest BCUT2D eigenvalue weighted by Crippen LogP contribution is 2.70. The average molecular weight is 452 g/mol. The highest BCUT2D eigenvalue weighted by atomic mass is 31.2. The molecule has 1 aliphatic rings. The molecule has 1 aliphatic carbocycles. The van der Waals surface area contributed by atoms with Gasteiger partial charge in [0, 0.05) is 12.0 Å². The lowest BCUT2D eigenvalue weighted by Gasteiger charge is -2.31. The van der Waals surface area contributed by atoms with E-state index in [4.69, 9.17) is 22.6 Å². The Morgan fingerprint density at radius 2 is 1.45 bits per heavy atom. The second-order valence-corrected chi connectivity index (χ2v) is 11.4. The molecule has 0 unspecified atom stereocenters. The summed E-state index contributed by atoms with van der Waals surface area (Å²) in [4.78, 5) is 0. The Kier molecular flexibility index (Phi) is 9.86. The quantitative estimate of drug-likeness (QED) is 0.363. The number of hydrogen-bond acceptors (Lipinski definition) is 9. The molecule has 0 saturated heterocycles. The molecular weight excluding hydrogens is 418 g/mol. The van der Waals surface area contributed by atoms with Gasteiger partial charge in [0.05, 0.1) is 26.4 Å². The van der Waals surface area contributed by atoms with E-state index in [2.05, 4.69) is 10.5 Å². The zero-order chi connectivity index (χ0) is 21.3. The van der Waals surface area contributed by atoms with Crippen molar-refractivity contribution in [2.24, 2.45) is 0 Å². The van der Waals surface area contributed by atoms with Crippen LogP contribution in [0, 0.1) is 0 Å². The SMILES string of the molecule is CCOP(=O)(OCC)C(Nc1cc(C2CCCCC2)on1)P(=O)(OCC)OCC. The van der Waals surface area contributed by atoms with Crippen LogP contribution in [0.1, 0.15) is 71.5 Å². The van der Waals surface area contributed by atoms with Gasteiger partial charge in [0.15, 0.2) is 5.82 Å². The summed E-state index contributed by atoms with van der Waals surface area (Å²) in [6.45, 7) is 7.19. The highest BCUT2D eigenvalue weighted by Gasteiger charge is 2.51. The van der Waals surface area contributed by atoms with Crippen LogP contribution in [0.15, 0.2) is 10.6 Å². The van der Waals surface area contributed by atoms with Gasteiger partial charge in [-0.05, 0) is 40.5 Å². The van der Waals surface area contributed by atoms with Gasteiger partial charge in [-0.25, -0.2) is 0 Å². The van der Waals surface area contributed by atoms with Gasteiger partial charge in [-0.1, -0.05) is 24.4 Å². The van der Waals surface area contributed by atoms with Crippen molar-refractivity contribution in [3.05, 3.63) is 11.8 Å². The van der Waals surface area contributed by atoms with Crippen molar-refractivity contribution in [1.82, 2.24) is 5.16 Å². The van der Waals surface area contributed by atoms with Crippen molar-refractivity contribution < 1.29 is 31.7 Å². The van der Waals surface area contributed by atoms with Gasteiger partial charge >= 0.3 is 15.2 Å². The van der Waals surface area contributed by atoms with Crippen LogP contribution in [0.3, 0.4) is 0 Å². The molecule has 0 radical (unpaired) electrons. The first-order valence-electron chi connectivity index (χ1n) is 10.4. The number of aromatic nitrogens is 1. The minimum atomic E-state index is -3.90. The fourth-order valence-corrected chi connectivity index (χ4v) is 8.40. The number of nitrogens with zero attached hydrogens (tertiary/aromatic N) is 1. The molecule has 0 spiro atoms. The number of anilines is 1. The summed E-state index contributed by atoms with van der Waals surface area (Å²) >= 11 is 0. The molecular formula is C18H34N2O7P2. The van der Waals surface area contributed by atoms with Crippen molar-refractivity contribution in [3.63, 3.8) is 0 Å². The Morgan fingerprint density at radius 3 is 1.90 bits per heavy atom. The minimum Gasteiger partial charge on any atom is -0.359 e. The van der Waals surface area contributed by atoms with Crippen LogP contribution in [0.2, 0.25) is 0 Å². The molecule has 1 N–H and O–H groups in total. The van der Waals surface area contributed by atoms with E-state index < -0.39 is 20.7 Å². The monoisotopic (exact) mass is 452 g/mol. The Balaban J connectivity index is 2.35. The summed E-state index contributed by atoms with van der Waals surface area (Å²) in [5.41, 5.74) is -1.36. The van der Waals surface area contributed by atoms with E-state index in [9.17, 15) is 9.13 Å². The predicted molar refractivity (Wildman–Crippen MR) is 111 cm³/mol. The van der Waals surface area contributed by atoms with Crippen molar-refractivity contribution in [2.45, 2.75) is 71.2 Å². The molecule has 0 atom stereocenters. The summed E-state index contributed by atoms with van der Waals surface area (Å²) in [7, 11) is -7.81. The van der Waals surface area contributed by atoms with Gasteiger partial charge in [-0.3, -0.25) is 9.13 Å². The largest absolute Gasteiger partial charge is 0.365 e. The van der Waals surface area contributed by atoms with Gasteiger partial charge in [0.2, 0.25) is 5.52 Å². The van der Waals surface area contributed by atoms with Gasteiger partial charge < -0.3 is 27.9 Å². The van der Waals surface area contributed by atoms with Crippen LogP contribution < -0.4 is 5.32 Å². The molecule has 9 nitrogen and oxygen atoms in total. The van der Waals surface area contributed by atoms with Gasteiger partial charge in [-0.15, -0.1) is 0 Å². The van der Waals surface area contributed by atoms with Crippen molar-refractivity contribution in [3.8, 4) is 0 Å². The van der Waals surface area contributed by atoms with Crippen LogP contribution >= 0.6 is 15.2 Å². The molecule has 29 heavy (non-hydrogen) atoms. The standard InChI is InChI=1S/C18H34N2O7P2/c1-5-23-28(21,24-6-2)18(29(22,25-7-3)26-8-4)19-17-14-16(27-20-17)15-12-10-9-11-13-15/h14-15,18H,5-13H2,1-4H3,(H,19,20). The van der Waals surface area contributed by atoms with Crippen LogP contribution in [0.25, 0.3) is 0 Å². The fourth-order valence-electron chi connectivity index (χ4n) is 3.48. The summed E-state index contributed by atoms with van der Waals surface area (Å²) in [5, 5.41) is 6.98. The first-order valence-corrected chi connectivity index (χ1v) is 13.7. The average Bonchev–Trinajstić information content (AvgIpc) is 3.16. The molecule has 1 aromatic rings. The third kappa shape index (κ3) is 6.39. The molecule has 0 amide bonds. The van der Waals surface area contributed by atoms with Crippen LogP contribution in [0.4, 0.5) is 5.82 Å². The van der Waals surface area contributed by atoms with Gasteiger partial charge in [0.1, 0.15) is 5.76 Å². The maximum Gasteiger partial charge on any atom is 0.365 e. The molecule has 0 aromatic carbocycles. The first kappa shape index (κ1) is 24.6. The summed E-state index contributed by atoms with van der Waals surface area (Å²) in [6, 6.07) is 1.76. The third-order valence-electron chi connectivity index (χ3n) is 4.65. The lowest BCUT2D eigenvalue weighted by Crippen LogP contribution is -2.25. The van der Waals surface area contributed by atoms with E-state index in [0.717, 1.165) is 31.4 Å². The lowest BCUT2D eigenvalue weighted by molar-refractivity contribution is 0.198. The first-order chi connectivity index (χ1) is 13.9. The molecule has 1 fully saturated rings. The summed E-state index contributed by atoms with van der Waals surface area (Å²) in [6.07, 6.45) is 5.64. The van der Waals surface area contributed by atoms with E-state index in [1.165, 1.54) is 6.42 Å². The molecule has 1 aromatic heterocycles. The smallest absolute Gasteiger partial charge is 0.359 e. The van der Waals surface area contributed by atoms with E-state index in [1.807, 2.05) is 0 Å². The summed E-state index contributed by atoms with van der Waals surface area (Å²) < 4.78 is 54.4. The van der Waals surface area contributed by atoms with E-state index in [-0.39, 0.29) is 26.4 Å². The topological polar surface area (TPSA) is 109 Å². The van der Waals surface area contributed by atoms with E-state index in [0.29, 0.717) is 11.7 Å². The summed E-state index contributed by atoms with van der Waals surface area (Å²) in [5.74, 6) is 1.37.